The monoisotopic (exact) mass is 402 g/mol. The van der Waals surface area contributed by atoms with Crippen molar-refractivity contribution in [1.29, 1.82) is 0 Å². The van der Waals surface area contributed by atoms with E-state index in [9.17, 15) is 9.59 Å². The molecule has 0 radical (unpaired) electrons. The minimum absolute atomic E-state index is 0.00536. The number of hydrogen-bond donors (Lipinski definition) is 1. The molecule has 1 saturated carbocycles. The molecule has 2 heterocycles. The summed E-state index contributed by atoms with van der Waals surface area (Å²) in [5.41, 5.74) is 3.66. The zero-order valence-corrected chi connectivity index (χ0v) is 17.2. The molecule has 1 aromatic heterocycles. The maximum Gasteiger partial charge on any atom is 0.253 e. The standard InChI is InChI=1S/C24H26N4O2/c1-16-11-13-17(14-12-16)25-22(29)15-21-23(30)27(18-7-3-2-4-8-18)24-26-19-9-5-6-10-20(19)28(21)24/h5-6,9-14,18,21H,2-4,7-8,15H2,1H3,(H,25,29)/t21-/m1/s1. The summed E-state index contributed by atoms with van der Waals surface area (Å²) < 4.78 is 1.97. The number of para-hydroxylation sites is 2. The lowest BCUT2D eigenvalue weighted by Gasteiger charge is -2.30. The number of imidazole rings is 1. The number of nitrogens with one attached hydrogen (secondary N) is 1. The first-order valence-corrected chi connectivity index (χ1v) is 10.8. The zero-order chi connectivity index (χ0) is 20.7. The summed E-state index contributed by atoms with van der Waals surface area (Å²) >= 11 is 0. The molecule has 2 aliphatic rings. The summed E-state index contributed by atoms with van der Waals surface area (Å²) in [6.45, 7) is 2.01. The Kier molecular flexibility index (Phi) is 4.77. The molecule has 6 nitrogen and oxygen atoms in total. The first kappa shape index (κ1) is 18.9. The van der Waals surface area contributed by atoms with Gasteiger partial charge in [-0.05, 0) is 44.0 Å². The molecule has 154 valence electrons. The van der Waals surface area contributed by atoms with E-state index in [1.165, 1.54) is 6.42 Å². The molecule has 1 fully saturated rings. The second kappa shape index (κ2) is 7.59. The van der Waals surface area contributed by atoms with E-state index >= 15 is 0 Å². The Balaban J connectivity index is 1.46. The maximum atomic E-state index is 13.5. The first-order chi connectivity index (χ1) is 14.6. The average molecular weight is 402 g/mol. The Bertz CT molecular complexity index is 1100. The van der Waals surface area contributed by atoms with Crippen LogP contribution in [0, 0.1) is 6.92 Å². The van der Waals surface area contributed by atoms with Crippen LogP contribution in [0.2, 0.25) is 0 Å². The van der Waals surface area contributed by atoms with Gasteiger partial charge in [0.15, 0.2) is 0 Å². The van der Waals surface area contributed by atoms with Crippen LogP contribution in [0.3, 0.4) is 0 Å². The van der Waals surface area contributed by atoms with Crippen molar-refractivity contribution in [3.05, 3.63) is 54.1 Å². The second-order valence-corrected chi connectivity index (χ2v) is 8.40. The predicted octanol–water partition coefficient (Wildman–Crippen LogP) is 4.59. The number of nitrogens with zero attached hydrogens (tertiary/aromatic N) is 3. The molecule has 0 unspecified atom stereocenters. The summed E-state index contributed by atoms with van der Waals surface area (Å²) in [7, 11) is 0. The molecule has 2 aromatic carbocycles. The molecule has 5 rings (SSSR count). The van der Waals surface area contributed by atoms with Gasteiger partial charge < -0.3 is 5.32 Å². The lowest BCUT2D eigenvalue weighted by Crippen LogP contribution is -2.41. The second-order valence-electron chi connectivity index (χ2n) is 8.40. The van der Waals surface area contributed by atoms with Crippen LogP contribution >= 0.6 is 0 Å². The minimum atomic E-state index is -0.556. The van der Waals surface area contributed by atoms with Crippen LogP contribution in [0.4, 0.5) is 11.6 Å². The topological polar surface area (TPSA) is 67.2 Å². The Labute approximate surface area is 175 Å². The number of amides is 2. The van der Waals surface area contributed by atoms with Gasteiger partial charge in [0.2, 0.25) is 11.9 Å². The Morgan fingerprint density at radius 1 is 1.07 bits per heavy atom. The van der Waals surface area contributed by atoms with Gasteiger partial charge >= 0.3 is 0 Å². The molecule has 1 aliphatic carbocycles. The number of carbonyl (C=O) groups is 2. The molecule has 1 atom stereocenters. The van der Waals surface area contributed by atoms with E-state index in [2.05, 4.69) is 5.32 Å². The molecular weight excluding hydrogens is 376 g/mol. The van der Waals surface area contributed by atoms with Crippen LogP contribution < -0.4 is 10.2 Å². The Morgan fingerprint density at radius 2 is 1.80 bits per heavy atom. The van der Waals surface area contributed by atoms with E-state index in [-0.39, 0.29) is 24.3 Å². The normalized spacial score (nSPS) is 19.3. The number of aryl methyl sites for hydroxylation is 1. The van der Waals surface area contributed by atoms with Gasteiger partial charge in [-0.15, -0.1) is 0 Å². The third kappa shape index (κ3) is 3.26. The first-order valence-electron chi connectivity index (χ1n) is 10.8. The zero-order valence-electron chi connectivity index (χ0n) is 17.2. The molecule has 6 heteroatoms. The van der Waals surface area contributed by atoms with E-state index < -0.39 is 6.04 Å². The number of hydrogen-bond acceptors (Lipinski definition) is 3. The molecular formula is C24H26N4O2. The molecule has 0 spiro atoms. The van der Waals surface area contributed by atoms with Crippen molar-refractivity contribution >= 4 is 34.5 Å². The SMILES string of the molecule is Cc1ccc(NC(=O)C[C@@H]2C(=O)N(C3CCCCC3)c3nc4ccccc4n32)cc1. The van der Waals surface area contributed by atoms with Gasteiger partial charge in [-0.25, -0.2) is 4.98 Å². The molecule has 0 bridgehead atoms. The molecule has 1 N–H and O–H groups in total. The van der Waals surface area contributed by atoms with Crippen molar-refractivity contribution in [3.63, 3.8) is 0 Å². The Hall–Kier alpha value is -3.15. The lowest BCUT2D eigenvalue weighted by molar-refractivity contribution is -0.125. The van der Waals surface area contributed by atoms with Crippen molar-refractivity contribution < 1.29 is 9.59 Å². The van der Waals surface area contributed by atoms with Gasteiger partial charge in [-0.1, -0.05) is 49.1 Å². The van der Waals surface area contributed by atoms with E-state index in [1.807, 2.05) is 64.9 Å². The average Bonchev–Trinajstić information content (AvgIpc) is 3.25. The van der Waals surface area contributed by atoms with Gasteiger partial charge in [0.05, 0.1) is 17.5 Å². The highest BCUT2D eigenvalue weighted by Crippen LogP contribution is 2.40. The Morgan fingerprint density at radius 3 is 2.57 bits per heavy atom. The van der Waals surface area contributed by atoms with E-state index in [4.69, 9.17) is 4.98 Å². The van der Waals surface area contributed by atoms with Crippen LogP contribution in [-0.2, 0) is 9.59 Å². The highest BCUT2D eigenvalue weighted by Gasteiger charge is 2.44. The molecule has 2 amide bonds. The number of benzene rings is 2. The van der Waals surface area contributed by atoms with E-state index in [0.29, 0.717) is 5.95 Å². The largest absolute Gasteiger partial charge is 0.326 e. The highest BCUT2D eigenvalue weighted by atomic mass is 16.2. The van der Waals surface area contributed by atoms with E-state index in [1.54, 1.807) is 0 Å². The van der Waals surface area contributed by atoms with Gasteiger partial charge in [0.1, 0.15) is 6.04 Å². The molecule has 30 heavy (non-hydrogen) atoms. The van der Waals surface area contributed by atoms with Gasteiger partial charge in [-0.3, -0.25) is 19.1 Å². The smallest absolute Gasteiger partial charge is 0.253 e. The predicted molar refractivity (Wildman–Crippen MR) is 118 cm³/mol. The van der Waals surface area contributed by atoms with Crippen LogP contribution in [0.5, 0.6) is 0 Å². The van der Waals surface area contributed by atoms with Gasteiger partial charge in [0, 0.05) is 11.7 Å². The summed E-state index contributed by atoms with van der Waals surface area (Å²) in [4.78, 5) is 33.0. The van der Waals surface area contributed by atoms with Crippen LogP contribution in [0.15, 0.2) is 48.5 Å². The van der Waals surface area contributed by atoms with E-state index in [0.717, 1.165) is 48.0 Å². The third-order valence-corrected chi connectivity index (χ3v) is 6.28. The fraction of sp³-hybridized carbons (Fsp3) is 0.375. The number of anilines is 2. The third-order valence-electron chi connectivity index (χ3n) is 6.28. The number of aromatic nitrogens is 2. The quantitative estimate of drug-likeness (QED) is 0.694. The summed E-state index contributed by atoms with van der Waals surface area (Å²) in [5, 5.41) is 2.94. The van der Waals surface area contributed by atoms with Crippen LogP contribution in [0.1, 0.15) is 50.1 Å². The number of fused-ring (bicyclic) bond motifs is 3. The number of carbonyl (C=O) groups excluding carboxylic acids is 2. The lowest BCUT2D eigenvalue weighted by atomic mass is 9.94. The number of rotatable bonds is 4. The summed E-state index contributed by atoms with van der Waals surface area (Å²) in [6.07, 6.45) is 5.58. The molecule has 1 aliphatic heterocycles. The van der Waals surface area contributed by atoms with Gasteiger partial charge in [0.25, 0.3) is 5.91 Å². The van der Waals surface area contributed by atoms with Crippen molar-refractivity contribution in [2.24, 2.45) is 0 Å². The fourth-order valence-electron chi connectivity index (χ4n) is 4.76. The minimum Gasteiger partial charge on any atom is -0.326 e. The summed E-state index contributed by atoms with van der Waals surface area (Å²) in [6, 6.07) is 15.2. The van der Waals surface area contributed by atoms with Crippen molar-refractivity contribution in [3.8, 4) is 0 Å². The van der Waals surface area contributed by atoms with Crippen molar-refractivity contribution in [1.82, 2.24) is 9.55 Å². The highest BCUT2D eigenvalue weighted by molar-refractivity contribution is 6.05. The molecule has 0 saturated heterocycles. The van der Waals surface area contributed by atoms with Crippen LogP contribution in [-0.4, -0.2) is 27.4 Å². The maximum absolute atomic E-state index is 13.5. The van der Waals surface area contributed by atoms with Crippen molar-refractivity contribution in [2.75, 3.05) is 10.2 Å². The van der Waals surface area contributed by atoms with Crippen molar-refractivity contribution in [2.45, 2.75) is 57.5 Å². The summed E-state index contributed by atoms with van der Waals surface area (Å²) in [5.74, 6) is 0.530. The fourth-order valence-corrected chi connectivity index (χ4v) is 4.76. The van der Waals surface area contributed by atoms with Crippen LogP contribution in [0.25, 0.3) is 11.0 Å². The van der Waals surface area contributed by atoms with Gasteiger partial charge in [-0.2, -0.15) is 0 Å². The molecule has 3 aromatic rings.